The number of nitrogens with zero attached hydrogens (tertiary/aromatic N) is 4. The van der Waals surface area contributed by atoms with Crippen molar-refractivity contribution in [1.29, 1.82) is 0 Å². The maximum atomic E-state index is 11.9. The highest BCUT2D eigenvalue weighted by atomic mass is 32.1. The molecule has 2 aromatic rings. The van der Waals surface area contributed by atoms with Crippen molar-refractivity contribution in [3.63, 3.8) is 0 Å². The zero-order valence-corrected chi connectivity index (χ0v) is 15.9. The Balaban J connectivity index is 1.81. The third-order valence-electron chi connectivity index (χ3n) is 4.78. The van der Waals surface area contributed by atoms with Gasteiger partial charge in [-0.05, 0) is 46.3 Å². The van der Waals surface area contributed by atoms with Crippen LogP contribution in [0.4, 0.5) is 0 Å². The Labute approximate surface area is 157 Å². The average molecular weight is 378 g/mol. The predicted octanol–water partition coefficient (Wildman–Crippen LogP) is 0.0703. The quantitative estimate of drug-likeness (QED) is 0.566. The van der Waals surface area contributed by atoms with Gasteiger partial charge in [-0.1, -0.05) is 26.0 Å². The van der Waals surface area contributed by atoms with Crippen LogP contribution in [-0.2, 0) is 16.2 Å². The van der Waals surface area contributed by atoms with Gasteiger partial charge in [-0.2, -0.15) is 9.36 Å². The van der Waals surface area contributed by atoms with Gasteiger partial charge in [0.2, 0.25) is 4.77 Å². The smallest absolute Gasteiger partial charge is 0.364 e. The van der Waals surface area contributed by atoms with Crippen molar-refractivity contribution < 1.29 is 19.5 Å². The van der Waals surface area contributed by atoms with Crippen LogP contribution in [0.15, 0.2) is 24.3 Å². The molecule has 0 aliphatic carbocycles. The Morgan fingerprint density at radius 2 is 2.08 bits per heavy atom. The highest BCUT2D eigenvalue weighted by molar-refractivity contribution is 7.71. The average Bonchev–Trinajstić information content (AvgIpc) is 3.17. The highest BCUT2D eigenvalue weighted by Gasteiger charge is 2.41. The first-order chi connectivity index (χ1) is 12.4. The number of esters is 1. The molecule has 2 N–H and O–H groups in total. The Bertz CT molecular complexity index is 830. The number of aliphatic hydroxyl groups is 1. The number of ether oxygens (including phenoxy) is 1. The number of aliphatic hydroxyl groups excluding tert-OH is 1. The molecule has 9 heteroatoms. The van der Waals surface area contributed by atoms with Crippen molar-refractivity contribution in [3.8, 4) is 5.69 Å². The predicted molar refractivity (Wildman–Crippen MR) is 96.5 cm³/mol. The highest BCUT2D eigenvalue weighted by Crippen LogP contribution is 2.16. The van der Waals surface area contributed by atoms with E-state index in [0.717, 1.165) is 10.6 Å². The van der Waals surface area contributed by atoms with Gasteiger partial charge in [0.05, 0.1) is 12.8 Å². The van der Waals surface area contributed by atoms with Crippen molar-refractivity contribution in [2.24, 2.45) is 0 Å². The van der Waals surface area contributed by atoms with Gasteiger partial charge in [0.1, 0.15) is 12.6 Å². The number of tetrazole rings is 1. The van der Waals surface area contributed by atoms with Gasteiger partial charge in [-0.3, -0.25) is 0 Å². The first kappa shape index (κ1) is 18.7. The minimum atomic E-state index is -0.540. The third kappa shape index (κ3) is 3.69. The number of benzene rings is 1. The summed E-state index contributed by atoms with van der Waals surface area (Å²) in [5.41, 5.74) is 2.08. The Morgan fingerprint density at radius 1 is 1.38 bits per heavy atom. The minimum absolute atomic E-state index is 0.334. The van der Waals surface area contributed by atoms with E-state index in [9.17, 15) is 9.90 Å². The number of quaternary nitrogens is 1. The Hall–Kier alpha value is -2.10. The SMILES string of the molecule is COC(=O)[C@@H]1C[C@H](O)C[NH+]1Cn1nnn(-c2ccc(C(C)C)cc2)c1=S. The van der Waals surface area contributed by atoms with E-state index >= 15 is 0 Å². The molecular formula is C17H24N5O3S+. The topological polar surface area (TPSA) is 86.6 Å². The van der Waals surface area contributed by atoms with Gasteiger partial charge in [0.25, 0.3) is 0 Å². The van der Waals surface area contributed by atoms with Crippen LogP contribution in [0.2, 0.25) is 0 Å². The lowest BCUT2D eigenvalue weighted by atomic mass is 10.0. The summed E-state index contributed by atoms with van der Waals surface area (Å²) in [7, 11) is 1.35. The van der Waals surface area contributed by atoms with Crippen molar-refractivity contribution in [2.75, 3.05) is 13.7 Å². The fourth-order valence-corrected chi connectivity index (χ4v) is 3.52. The Morgan fingerprint density at radius 3 is 2.69 bits per heavy atom. The molecule has 1 aromatic carbocycles. The first-order valence-electron chi connectivity index (χ1n) is 8.64. The summed E-state index contributed by atoms with van der Waals surface area (Å²) >= 11 is 5.50. The number of carbonyl (C=O) groups excluding carboxylic acids is 1. The monoisotopic (exact) mass is 378 g/mol. The molecule has 1 saturated heterocycles. The number of aromatic nitrogens is 4. The van der Waals surface area contributed by atoms with E-state index in [-0.39, 0.29) is 5.97 Å². The van der Waals surface area contributed by atoms with Gasteiger partial charge in [-0.25, -0.2) is 4.79 Å². The van der Waals surface area contributed by atoms with Crippen LogP contribution in [-0.4, -0.2) is 56.7 Å². The molecule has 26 heavy (non-hydrogen) atoms. The second-order valence-electron chi connectivity index (χ2n) is 6.90. The number of carbonyl (C=O) groups is 1. The third-order valence-corrected chi connectivity index (χ3v) is 5.16. The molecule has 1 unspecified atom stereocenters. The zero-order valence-electron chi connectivity index (χ0n) is 15.1. The van der Waals surface area contributed by atoms with Gasteiger partial charge >= 0.3 is 5.97 Å². The van der Waals surface area contributed by atoms with Crippen molar-refractivity contribution in [1.82, 2.24) is 19.8 Å². The summed E-state index contributed by atoms with van der Waals surface area (Å²) in [6, 6.07) is 7.61. The van der Waals surface area contributed by atoms with Crippen molar-refractivity contribution in [2.45, 2.75) is 45.0 Å². The normalized spacial score (nSPS) is 22.7. The maximum absolute atomic E-state index is 11.9. The second-order valence-corrected chi connectivity index (χ2v) is 7.27. The van der Waals surface area contributed by atoms with E-state index in [2.05, 4.69) is 36.4 Å². The van der Waals surface area contributed by atoms with Crippen LogP contribution < -0.4 is 4.90 Å². The second kappa shape index (κ2) is 7.65. The molecule has 0 radical (unpaired) electrons. The minimum Gasteiger partial charge on any atom is -0.465 e. The number of likely N-dealkylation sites (tertiary alicyclic amines) is 1. The van der Waals surface area contributed by atoms with E-state index < -0.39 is 12.1 Å². The summed E-state index contributed by atoms with van der Waals surface area (Å²) in [6.45, 7) is 5.07. The van der Waals surface area contributed by atoms with E-state index in [1.807, 2.05) is 12.1 Å². The van der Waals surface area contributed by atoms with Gasteiger partial charge in [0, 0.05) is 6.42 Å². The zero-order chi connectivity index (χ0) is 18.8. The number of nitrogens with one attached hydrogen (secondary N) is 1. The lowest BCUT2D eigenvalue weighted by Gasteiger charge is -2.18. The molecule has 1 aromatic heterocycles. The van der Waals surface area contributed by atoms with Crippen LogP contribution in [0, 0.1) is 4.77 Å². The van der Waals surface area contributed by atoms with Gasteiger partial charge in [0.15, 0.2) is 12.7 Å². The maximum Gasteiger partial charge on any atom is 0.364 e. The molecule has 3 rings (SSSR count). The van der Waals surface area contributed by atoms with Crippen LogP contribution in [0.25, 0.3) is 5.69 Å². The fraction of sp³-hybridized carbons (Fsp3) is 0.529. The molecule has 140 valence electrons. The molecule has 3 atom stereocenters. The molecule has 0 amide bonds. The number of methoxy groups -OCH3 is 1. The summed E-state index contributed by atoms with van der Waals surface area (Å²) in [6.07, 6.45) is -0.165. The largest absolute Gasteiger partial charge is 0.465 e. The summed E-state index contributed by atoms with van der Waals surface area (Å²) in [5, 5.41) is 18.2. The molecule has 1 aliphatic heterocycles. The number of hydrogen-bond acceptors (Lipinski definition) is 6. The van der Waals surface area contributed by atoms with Crippen molar-refractivity contribution >= 4 is 18.2 Å². The van der Waals surface area contributed by atoms with Crippen LogP contribution in [0.3, 0.4) is 0 Å². The number of rotatable bonds is 5. The van der Waals surface area contributed by atoms with E-state index in [0.29, 0.717) is 30.3 Å². The summed E-state index contributed by atoms with van der Waals surface area (Å²) in [4.78, 5) is 12.8. The first-order valence-corrected chi connectivity index (χ1v) is 9.05. The molecule has 0 spiro atoms. The summed E-state index contributed by atoms with van der Waals surface area (Å²) in [5.74, 6) is 0.118. The molecule has 0 saturated carbocycles. The van der Waals surface area contributed by atoms with Crippen molar-refractivity contribution in [3.05, 3.63) is 34.6 Å². The van der Waals surface area contributed by atoms with Crippen LogP contribution in [0.1, 0.15) is 31.7 Å². The molecular weight excluding hydrogens is 354 g/mol. The van der Waals surface area contributed by atoms with Crippen LogP contribution >= 0.6 is 12.2 Å². The lowest BCUT2D eigenvalue weighted by Crippen LogP contribution is -3.14. The van der Waals surface area contributed by atoms with Gasteiger partial charge < -0.3 is 14.7 Å². The Kier molecular flexibility index (Phi) is 5.49. The molecule has 8 nitrogen and oxygen atoms in total. The molecule has 1 aliphatic rings. The molecule has 0 bridgehead atoms. The van der Waals surface area contributed by atoms with Gasteiger partial charge in [-0.15, -0.1) is 0 Å². The fourth-order valence-electron chi connectivity index (χ4n) is 3.28. The molecule has 2 heterocycles. The van der Waals surface area contributed by atoms with Crippen LogP contribution in [0.5, 0.6) is 0 Å². The van der Waals surface area contributed by atoms with E-state index in [1.54, 1.807) is 9.36 Å². The number of hydrogen-bond donors (Lipinski definition) is 2. The summed E-state index contributed by atoms with van der Waals surface area (Å²) < 4.78 is 8.46. The standard InChI is InChI=1S/C17H23N5O3S/c1-11(2)12-4-6-13(7-5-12)22-17(26)21(18-19-22)10-20-9-14(23)8-15(20)16(24)25-3/h4-7,11,14-15,23H,8-10H2,1-3H3/p+1/t14-,15-/m0/s1. The van der Waals surface area contributed by atoms with E-state index in [1.165, 1.54) is 12.7 Å². The van der Waals surface area contributed by atoms with E-state index in [4.69, 9.17) is 17.0 Å². The lowest BCUT2D eigenvalue weighted by molar-refractivity contribution is -0.928. The molecule has 1 fully saturated rings.